The lowest BCUT2D eigenvalue weighted by Crippen LogP contribution is -2.63. The summed E-state index contributed by atoms with van der Waals surface area (Å²) >= 11 is 0. The van der Waals surface area contributed by atoms with Crippen molar-refractivity contribution in [3.05, 3.63) is 11.6 Å². The van der Waals surface area contributed by atoms with Gasteiger partial charge >= 0.3 is 0 Å². The number of piperazine rings is 1. The number of nitrogens with zero attached hydrogens (tertiary/aromatic N) is 1. The van der Waals surface area contributed by atoms with E-state index in [1.165, 1.54) is 63.7 Å². The average Bonchev–Trinajstić information content (AvgIpc) is 3.09. The second-order valence-electron chi connectivity index (χ2n) is 6.98. The van der Waals surface area contributed by atoms with Crippen LogP contribution < -0.4 is 5.32 Å². The van der Waals surface area contributed by atoms with Crippen molar-refractivity contribution in [2.75, 3.05) is 19.6 Å². The SMILES string of the molecule is CC(C)=CCN1CC2(CCCC2)NCC1C1CC1. The molecule has 1 N–H and O–H groups in total. The first-order valence-electron chi connectivity index (χ1n) is 7.81. The smallest absolute Gasteiger partial charge is 0.0309 e. The van der Waals surface area contributed by atoms with Crippen LogP contribution in [-0.2, 0) is 0 Å². The Morgan fingerprint density at radius 3 is 2.61 bits per heavy atom. The molecule has 2 aliphatic carbocycles. The fourth-order valence-corrected chi connectivity index (χ4v) is 3.84. The van der Waals surface area contributed by atoms with Crippen molar-refractivity contribution in [2.24, 2.45) is 5.92 Å². The molecule has 18 heavy (non-hydrogen) atoms. The molecule has 2 heteroatoms. The van der Waals surface area contributed by atoms with Crippen LogP contribution in [0.4, 0.5) is 0 Å². The number of hydrogen-bond donors (Lipinski definition) is 1. The molecule has 3 aliphatic rings. The van der Waals surface area contributed by atoms with E-state index >= 15 is 0 Å². The van der Waals surface area contributed by atoms with Gasteiger partial charge in [0.05, 0.1) is 0 Å². The topological polar surface area (TPSA) is 15.3 Å². The van der Waals surface area contributed by atoms with Gasteiger partial charge in [0.2, 0.25) is 0 Å². The molecule has 2 saturated carbocycles. The largest absolute Gasteiger partial charge is 0.308 e. The van der Waals surface area contributed by atoms with Gasteiger partial charge in [0, 0.05) is 31.2 Å². The van der Waals surface area contributed by atoms with Crippen LogP contribution in [0.1, 0.15) is 52.4 Å². The van der Waals surface area contributed by atoms with E-state index in [-0.39, 0.29) is 0 Å². The number of hydrogen-bond acceptors (Lipinski definition) is 2. The molecule has 0 amide bonds. The van der Waals surface area contributed by atoms with Gasteiger partial charge in [-0.2, -0.15) is 0 Å². The molecule has 0 bridgehead atoms. The van der Waals surface area contributed by atoms with Gasteiger partial charge in [0.1, 0.15) is 0 Å². The van der Waals surface area contributed by atoms with Crippen molar-refractivity contribution in [1.82, 2.24) is 10.2 Å². The lowest BCUT2D eigenvalue weighted by Gasteiger charge is -2.46. The molecule has 1 aliphatic heterocycles. The minimum absolute atomic E-state index is 0.473. The predicted molar refractivity (Wildman–Crippen MR) is 76.7 cm³/mol. The molecule has 102 valence electrons. The molecule has 1 heterocycles. The van der Waals surface area contributed by atoms with Crippen LogP contribution in [0, 0.1) is 5.92 Å². The predicted octanol–water partition coefficient (Wildman–Crippen LogP) is 2.95. The van der Waals surface area contributed by atoms with Crippen LogP contribution >= 0.6 is 0 Å². The van der Waals surface area contributed by atoms with Gasteiger partial charge in [-0.15, -0.1) is 0 Å². The maximum atomic E-state index is 3.92. The Morgan fingerprint density at radius 1 is 1.28 bits per heavy atom. The fourth-order valence-electron chi connectivity index (χ4n) is 3.84. The van der Waals surface area contributed by atoms with Gasteiger partial charge in [-0.25, -0.2) is 0 Å². The van der Waals surface area contributed by atoms with Gasteiger partial charge < -0.3 is 5.32 Å². The van der Waals surface area contributed by atoms with Gasteiger partial charge in [-0.1, -0.05) is 24.5 Å². The monoisotopic (exact) mass is 248 g/mol. The van der Waals surface area contributed by atoms with Gasteiger partial charge in [0.25, 0.3) is 0 Å². The van der Waals surface area contributed by atoms with Crippen LogP contribution in [0.15, 0.2) is 11.6 Å². The molecule has 3 fully saturated rings. The Balaban J connectivity index is 1.68. The maximum absolute atomic E-state index is 3.92. The Kier molecular flexibility index (Phi) is 3.50. The summed E-state index contributed by atoms with van der Waals surface area (Å²) in [6.45, 7) is 8.14. The molecular weight excluding hydrogens is 220 g/mol. The maximum Gasteiger partial charge on any atom is 0.0309 e. The highest BCUT2D eigenvalue weighted by molar-refractivity contribution is 5.06. The molecule has 0 aromatic rings. The summed E-state index contributed by atoms with van der Waals surface area (Å²) in [5.74, 6) is 0.988. The first-order valence-corrected chi connectivity index (χ1v) is 7.81. The van der Waals surface area contributed by atoms with Crippen LogP contribution in [0.5, 0.6) is 0 Å². The molecule has 1 saturated heterocycles. The highest BCUT2D eigenvalue weighted by atomic mass is 15.3. The van der Waals surface area contributed by atoms with Gasteiger partial charge in [-0.05, 0) is 45.4 Å². The van der Waals surface area contributed by atoms with Crippen molar-refractivity contribution in [2.45, 2.75) is 64.0 Å². The summed E-state index contributed by atoms with van der Waals surface area (Å²) in [4.78, 5) is 2.78. The third kappa shape index (κ3) is 2.65. The number of nitrogens with one attached hydrogen (secondary N) is 1. The Bertz CT molecular complexity index is 320. The van der Waals surface area contributed by atoms with Crippen molar-refractivity contribution in [3.63, 3.8) is 0 Å². The molecule has 0 radical (unpaired) electrons. The highest BCUT2D eigenvalue weighted by Gasteiger charge is 2.44. The number of allylic oxidation sites excluding steroid dienone is 1. The zero-order valence-electron chi connectivity index (χ0n) is 12.0. The molecule has 3 rings (SSSR count). The Morgan fingerprint density at radius 2 is 2.00 bits per heavy atom. The molecule has 1 atom stereocenters. The first-order chi connectivity index (χ1) is 8.69. The molecule has 0 aromatic heterocycles. The molecule has 0 aromatic carbocycles. The minimum atomic E-state index is 0.473. The Labute approximate surface area is 112 Å². The molecule has 1 unspecified atom stereocenters. The lowest BCUT2D eigenvalue weighted by atomic mass is 9.91. The van der Waals surface area contributed by atoms with Crippen LogP contribution in [0.2, 0.25) is 0 Å². The van der Waals surface area contributed by atoms with Gasteiger partial charge in [0.15, 0.2) is 0 Å². The second kappa shape index (κ2) is 4.97. The fraction of sp³-hybridized carbons (Fsp3) is 0.875. The lowest BCUT2D eigenvalue weighted by molar-refractivity contribution is 0.0797. The van der Waals surface area contributed by atoms with E-state index in [0.717, 1.165) is 12.0 Å². The third-order valence-electron chi connectivity index (χ3n) is 5.12. The van der Waals surface area contributed by atoms with Crippen molar-refractivity contribution >= 4 is 0 Å². The summed E-state index contributed by atoms with van der Waals surface area (Å²) in [6, 6.07) is 0.812. The minimum Gasteiger partial charge on any atom is -0.308 e. The Hall–Kier alpha value is -0.340. The summed E-state index contributed by atoms with van der Waals surface area (Å²) in [5, 5.41) is 3.92. The summed E-state index contributed by atoms with van der Waals surface area (Å²) in [6.07, 6.45) is 11.0. The van der Waals surface area contributed by atoms with Crippen LogP contribution in [0.3, 0.4) is 0 Å². The van der Waals surface area contributed by atoms with Crippen molar-refractivity contribution in [3.8, 4) is 0 Å². The summed E-state index contributed by atoms with van der Waals surface area (Å²) in [7, 11) is 0. The van der Waals surface area contributed by atoms with E-state index in [9.17, 15) is 0 Å². The highest BCUT2D eigenvalue weighted by Crippen LogP contribution is 2.40. The molecule has 2 nitrogen and oxygen atoms in total. The van der Waals surface area contributed by atoms with E-state index in [0.29, 0.717) is 5.54 Å². The summed E-state index contributed by atoms with van der Waals surface area (Å²) in [5.41, 5.74) is 1.93. The van der Waals surface area contributed by atoms with E-state index in [4.69, 9.17) is 0 Å². The van der Waals surface area contributed by atoms with E-state index in [1.54, 1.807) is 0 Å². The molecular formula is C16H28N2. The van der Waals surface area contributed by atoms with E-state index < -0.39 is 0 Å². The standard InChI is InChI=1S/C16H28N2/c1-13(2)7-10-18-12-16(8-3-4-9-16)17-11-15(18)14-5-6-14/h7,14-15,17H,3-6,8-12H2,1-2H3. The zero-order valence-corrected chi connectivity index (χ0v) is 12.0. The molecule has 1 spiro atoms. The third-order valence-corrected chi connectivity index (χ3v) is 5.12. The normalized spacial score (nSPS) is 31.8. The van der Waals surface area contributed by atoms with Crippen LogP contribution in [-0.4, -0.2) is 36.1 Å². The quantitative estimate of drug-likeness (QED) is 0.773. The van der Waals surface area contributed by atoms with Gasteiger partial charge in [-0.3, -0.25) is 4.90 Å². The van der Waals surface area contributed by atoms with Crippen LogP contribution in [0.25, 0.3) is 0 Å². The van der Waals surface area contributed by atoms with E-state index in [1.807, 2.05) is 0 Å². The zero-order chi connectivity index (χ0) is 12.6. The second-order valence-corrected chi connectivity index (χ2v) is 6.98. The van der Waals surface area contributed by atoms with Crippen molar-refractivity contribution < 1.29 is 0 Å². The average molecular weight is 248 g/mol. The summed E-state index contributed by atoms with van der Waals surface area (Å²) < 4.78 is 0. The number of rotatable bonds is 3. The van der Waals surface area contributed by atoms with Crippen molar-refractivity contribution in [1.29, 1.82) is 0 Å². The van der Waals surface area contributed by atoms with E-state index in [2.05, 4.69) is 30.1 Å². The first kappa shape index (κ1) is 12.7.